The molecule has 0 radical (unpaired) electrons. The average molecular weight is 502 g/mol. The van der Waals surface area contributed by atoms with Gasteiger partial charge in [-0.15, -0.1) is 12.4 Å². The van der Waals surface area contributed by atoms with Crippen LogP contribution >= 0.6 is 12.4 Å². The number of fused-ring (bicyclic) bond motifs is 1. The number of amides is 1. The molecule has 0 aliphatic carbocycles. The zero-order valence-corrected chi connectivity index (χ0v) is 23.2. The molecule has 2 N–H and O–H groups in total. The molecule has 0 atom stereocenters. The molecule has 190 valence electrons. The molecular weight excluding hydrogens is 458 g/mol. The third kappa shape index (κ3) is 8.15. The number of nitrogens with zero attached hydrogens (tertiary/aromatic N) is 1. The Balaban J connectivity index is 0.00000544. The summed E-state index contributed by atoms with van der Waals surface area (Å²) in [6.07, 6.45) is 9.60. The van der Waals surface area contributed by atoms with Crippen molar-refractivity contribution in [3.63, 3.8) is 0 Å². The van der Waals surface area contributed by atoms with Crippen LogP contribution in [0.5, 0.6) is 0 Å². The van der Waals surface area contributed by atoms with E-state index in [0.717, 1.165) is 54.0 Å². The van der Waals surface area contributed by atoms with Gasteiger partial charge in [0.15, 0.2) is 0 Å². The Morgan fingerprint density at radius 2 is 1.64 bits per heavy atom. The molecule has 1 aromatic carbocycles. The number of benzene rings is 1. The third-order valence-corrected chi connectivity index (χ3v) is 7.08. The van der Waals surface area contributed by atoms with Gasteiger partial charge in [-0.3, -0.25) is 4.79 Å². The number of hydrogen-bond donors (Lipinski definition) is 2. The van der Waals surface area contributed by atoms with Gasteiger partial charge < -0.3 is 10.2 Å². The van der Waals surface area contributed by atoms with Gasteiger partial charge in [0, 0.05) is 25.0 Å². The number of halogens is 1. The number of unbranched alkanes of at least 4 members (excludes halogenated alkanes) is 5. The SMILES string of the molecule is CCCCCCCCN1CCc2c(C)c(CNS(C)(=O)=O)c(C)c(NC(=O)C(C)(C)C)c21.Cl. The smallest absolute Gasteiger partial charge is 0.229 e. The van der Waals surface area contributed by atoms with Crippen molar-refractivity contribution in [3.05, 3.63) is 22.3 Å². The van der Waals surface area contributed by atoms with Crippen molar-refractivity contribution in [2.45, 2.75) is 93.0 Å². The van der Waals surface area contributed by atoms with Crippen LogP contribution in [0.4, 0.5) is 11.4 Å². The fourth-order valence-corrected chi connectivity index (χ4v) is 4.77. The summed E-state index contributed by atoms with van der Waals surface area (Å²) in [6.45, 7) is 14.2. The molecule has 1 aliphatic heterocycles. The van der Waals surface area contributed by atoms with Gasteiger partial charge in [-0.25, -0.2) is 13.1 Å². The van der Waals surface area contributed by atoms with Crippen molar-refractivity contribution in [3.8, 4) is 0 Å². The number of hydrogen-bond acceptors (Lipinski definition) is 4. The second-order valence-electron chi connectivity index (χ2n) is 10.2. The van der Waals surface area contributed by atoms with Crippen LogP contribution in [0.25, 0.3) is 0 Å². The molecule has 1 aromatic rings. The number of anilines is 2. The largest absolute Gasteiger partial charge is 0.369 e. The summed E-state index contributed by atoms with van der Waals surface area (Å²) >= 11 is 0. The molecule has 1 amide bonds. The van der Waals surface area contributed by atoms with E-state index in [0.29, 0.717) is 0 Å². The van der Waals surface area contributed by atoms with Crippen molar-refractivity contribution in [2.24, 2.45) is 5.41 Å². The second kappa shape index (κ2) is 12.4. The van der Waals surface area contributed by atoms with Crippen LogP contribution in [0.15, 0.2) is 0 Å². The standard InChI is InChI=1S/C25H43N3O3S.ClH/c1-8-9-10-11-12-13-15-28-16-14-20-18(2)21(17-26-32(7,30)31)19(3)22(23(20)28)27-24(29)25(4,5)6;/h26H,8-17H2,1-7H3,(H,27,29);1H. The first-order valence-electron chi connectivity index (χ1n) is 12.0. The lowest BCUT2D eigenvalue weighted by Crippen LogP contribution is -2.30. The van der Waals surface area contributed by atoms with Crippen molar-refractivity contribution >= 4 is 39.7 Å². The fraction of sp³-hybridized carbons (Fsp3) is 0.720. The highest BCUT2D eigenvalue weighted by atomic mass is 35.5. The van der Waals surface area contributed by atoms with E-state index in [9.17, 15) is 13.2 Å². The second-order valence-corrected chi connectivity index (χ2v) is 12.1. The summed E-state index contributed by atoms with van der Waals surface area (Å²) < 4.78 is 26.1. The molecule has 0 unspecified atom stereocenters. The van der Waals surface area contributed by atoms with E-state index in [4.69, 9.17) is 0 Å². The Hall–Kier alpha value is -1.31. The van der Waals surface area contributed by atoms with Crippen molar-refractivity contribution in [2.75, 3.05) is 29.6 Å². The van der Waals surface area contributed by atoms with E-state index < -0.39 is 15.4 Å². The van der Waals surface area contributed by atoms with Crippen LogP contribution < -0.4 is 14.9 Å². The maximum absolute atomic E-state index is 12.9. The zero-order valence-electron chi connectivity index (χ0n) is 21.6. The summed E-state index contributed by atoms with van der Waals surface area (Å²) in [4.78, 5) is 15.3. The first kappa shape index (κ1) is 29.7. The summed E-state index contributed by atoms with van der Waals surface area (Å²) in [5.41, 5.74) is 5.74. The Morgan fingerprint density at radius 1 is 1.03 bits per heavy atom. The molecule has 0 saturated carbocycles. The fourth-order valence-electron chi connectivity index (χ4n) is 4.36. The van der Waals surface area contributed by atoms with Crippen molar-refractivity contribution < 1.29 is 13.2 Å². The van der Waals surface area contributed by atoms with Gasteiger partial charge >= 0.3 is 0 Å². The summed E-state index contributed by atoms with van der Waals surface area (Å²) in [5.74, 6) is -0.0277. The number of carbonyl (C=O) groups excluding carboxylic acids is 1. The molecule has 0 spiro atoms. The molecule has 0 saturated heterocycles. The maximum atomic E-state index is 12.9. The van der Waals surface area contributed by atoms with Gasteiger partial charge in [-0.2, -0.15) is 0 Å². The number of rotatable bonds is 11. The van der Waals surface area contributed by atoms with Crippen LogP contribution in [-0.4, -0.2) is 33.7 Å². The molecule has 0 fully saturated rings. The molecule has 33 heavy (non-hydrogen) atoms. The normalized spacial score (nSPS) is 13.6. The Labute approximate surface area is 207 Å². The van der Waals surface area contributed by atoms with E-state index >= 15 is 0 Å². The Morgan fingerprint density at radius 3 is 2.21 bits per heavy atom. The summed E-state index contributed by atoms with van der Waals surface area (Å²) in [6, 6.07) is 0. The first-order valence-corrected chi connectivity index (χ1v) is 13.9. The molecular formula is C25H44ClN3O3S. The molecule has 0 aromatic heterocycles. The van der Waals surface area contributed by atoms with Gasteiger partial charge in [0.2, 0.25) is 15.9 Å². The highest BCUT2D eigenvalue weighted by Gasteiger charge is 2.31. The minimum atomic E-state index is -3.31. The lowest BCUT2D eigenvalue weighted by molar-refractivity contribution is -0.123. The van der Waals surface area contributed by atoms with Gasteiger partial charge in [0.05, 0.1) is 17.6 Å². The number of sulfonamides is 1. The maximum Gasteiger partial charge on any atom is 0.229 e. The van der Waals surface area contributed by atoms with Gasteiger partial charge in [0.25, 0.3) is 0 Å². The highest BCUT2D eigenvalue weighted by molar-refractivity contribution is 7.88. The van der Waals surface area contributed by atoms with Gasteiger partial charge in [0.1, 0.15) is 0 Å². The van der Waals surface area contributed by atoms with E-state index in [2.05, 4.69) is 28.8 Å². The number of nitrogens with one attached hydrogen (secondary N) is 2. The quantitative estimate of drug-likeness (QED) is 0.393. The topological polar surface area (TPSA) is 78.5 Å². The van der Waals surface area contributed by atoms with Crippen LogP contribution in [0.3, 0.4) is 0 Å². The lowest BCUT2D eigenvalue weighted by Gasteiger charge is -2.28. The minimum Gasteiger partial charge on any atom is -0.369 e. The average Bonchev–Trinajstić information content (AvgIpc) is 3.10. The molecule has 1 heterocycles. The van der Waals surface area contributed by atoms with Gasteiger partial charge in [-0.1, -0.05) is 59.8 Å². The Kier molecular flexibility index (Phi) is 11.2. The number of carbonyl (C=O) groups is 1. The summed E-state index contributed by atoms with van der Waals surface area (Å²) in [7, 11) is -3.31. The molecule has 2 rings (SSSR count). The van der Waals surface area contributed by atoms with Crippen molar-refractivity contribution in [1.82, 2.24) is 4.72 Å². The van der Waals surface area contributed by atoms with Gasteiger partial charge in [-0.05, 0) is 48.9 Å². The van der Waals surface area contributed by atoms with E-state index in [1.807, 2.05) is 27.7 Å². The predicted octanol–water partition coefficient (Wildman–Crippen LogP) is 5.48. The molecule has 1 aliphatic rings. The van der Waals surface area contributed by atoms with E-state index in [1.165, 1.54) is 43.9 Å². The van der Waals surface area contributed by atoms with Crippen LogP contribution in [0.2, 0.25) is 0 Å². The predicted molar refractivity (Wildman–Crippen MR) is 142 cm³/mol. The van der Waals surface area contributed by atoms with Crippen molar-refractivity contribution in [1.29, 1.82) is 0 Å². The highest BCUT2D eigenvalue weighted by Crippen LogP contribution is 2.43. The molecule has 6 nitrogen and oxygen atoms in total. The van der Waals surface area contributed by atoms with E-state index in [-0.39, 0.29) is 24.9 Å². The first-order chi connectivity index (χ1) is 14.9. The Bertz CT molecular complexity index is 924. The summed E-state index contributed by atoms with van der Waals surface area (Å²) in [5, 5.41) is 3.21. The monoisotopic (exact) mass is 501 g/mol. The minimum absolute atomic E-state index is 0. The molecule has 0 bridgehead atoms. The lowest BCUT2D eigenvalue weighted by atomic mass is 9.91. The van der Waals surface area contributed by atoms with Crippen LogP contribution in [0, 0.1) is 19.3 Å². The van der Waals surface area contributed by atoms with Crippen LogP contribution in [0.1, 0.15) is 88.5 Å². The molecule has 8 heteroatoms. The zero-order chi connectivity index (χ0) is 24.1. The van der Waals surface area contributed by atoms with E-state index in [1.54, 1.807) is 0 Å². The third-order valence-electron chi connectivity index (χ3n) is 6.42. The van der Waals surface area contributed by atoms with Crippen LogP contribution in [-0.2, 0) is 27.8 Å².